The summed E-state index contributed by atoms with van der Waals surface area (Å²) in [6, 6.07) is 18.6. The summed E-state index contributed by atoms with van der Waals surface area (Å²) < 4.78 is 5.05. The maximum Gasteiger partial charge on any atom is 0.326 e. The lowest BCUT2D eigenvalue weighted by molar-refractivity contribution is -0.149. The second-order valence-corrected chi connectivity index (χ2v) is 9.93. The number of nitriles is 1. The molecule has 0 saturated carbocycles. The zero-order valence-corrected chi connectivity index (χ0v) is 18.8. The van der Waals surface area contributed by atoms with Crippen LogP contribution in [0.1, 0.15) is 63.8 Å². The highest BCUT2D eigenvalue weighted by Crippen LogP contribution is 2.31. The standard InChI is InChI=1S/C26H33NO2/c1-24(2,3)21-12-8-19(9-13-21)16-26(18-27,23(28)29-7)17-20-10-14-22(15-11-20)25(4,5)6/h8-15H,16-17H2,1-7H3. The van der Waals surface area contributed by atoms with E-state index in [2.05, 4.69) is 71.9 Å². The summed E-state index contributed by atoms with van der Waals surface area (Å²) >= 11 is 0. The van der Waals surface area contributed by atoms with Crippen molar-refractivity contribution in [1.82, 2.24) is 0 Å². The molecule has 0 aliphatic rings. The molecule has 0 bridgehead atoms. The van der Waals surface area contributed by atoms with Crippen molar-refractivity contribution in [2.45, 2.75) is 65.2 Å². The minimum absolute atomic E-state index is 0.0575. The van der Waals surface area contributed by atoms with E-state index in [0.717, 1.165) is 11.1 Å². The molecule has 0 aliphatic heterocycles. The van der Waals surface area contributed by atoms with Crippen molar-refractivity contribution in [1.29, 1.82) is 5.26 Å². The lowest BCUT2D eigenvalue weighted by Crippen LogP contribution is -2.35. The van der Waals surface area contributed by atoms with Gasteiger partial charge in [0.2, 0.25) is 0 Å². The van der Waals surface area contributed by atoms with Gasteiger partial charge in [0.05, 0.1) is 13.2 Å². The summed E-state index contributed by atoms with van der Waals surface area (Å²) in [6.07, 6.45) is 0.642. The predicted octanol–water partition coefficient (Wildman–Crippen LogP) is 5.75. The molecule has 0 spiro atoms. The molecule has 2 rings (SSSR count). The Kier molecular flexibility index (Phi) is 6.58. The average Bonchev–Trinajstić information content (AvgIpc) is 2.66. The van der Waals surface area contributed by atoms with Crippen molar-refractivity contribution in [3.8, 4) is 6.07 Å². The Morgan fingerprint density at radius 2 is 1.14 bits per heavy atom. The first-order chi connectivity index (χ1) is 13.4. The van der Waals surface area contributed by atoms with Crippen molar-refractivity contribution >= 4 is 5.97 Å². The molecule has 0 radical (unpaired) electrons. The van der Waals surface area contributed by atoms with Crippen LogP contribution in [0.5, 0.6) is 0 Å². The Morgan fingerprint density at radius 1 is 0.793 bits per heavy atom. The van der Waals surface area contributed by atoms with Gasteiger partial charge in [-0.3, -0.25) is 4.79 Å². The van der Waals surface area contributed by atoms with E-state index in [1.54, 1.807) is 0 Å². The van der Waals surface area contributed by atoms with E-state index in [9.17, 15) is 10.1 Å². The van der Waals surface area contributed by atoms with Gasteiger partial charge < -0.3 is 4.74 Å². The summed E-state index contributed by atoms with van der Waals surface area (Å²) in [5, 5.41) is 10.0. The van der Waals surface area contributed by atoms with Crippen LogP contribution in [0.3, 0.4) is 0 Å². The second kappa shape index (κ2) is 8.41. The lowest BCUT2D eigenvalue weighted by Gasteiger charge is -2.25. The molecule has 0 amide bonds. The SMILES string of the molecule is COC(=O)C(C#N)(Cc1ccc(C(C)(C)C)cc1)Cc1ccc(C(C)(C)C)cc1. The molecule has 0 aliphatic carbocycles. The van der Waals surface area contributed by atoms with Crippen molar-refractivity contribution in [3.05, 3.63) is 70.8 Å². The molecule has 0 unspecified atom stereocenters. The van der Waals surface area contributed by atoms with Crippen LogP contribution in [0.2, 0.25) is 0 Å². The first-order valence-corrected chi connectivity index (χ1v) is 10.1. The maximum absolute atomic E-state index is 12.7. The number of ether oxygens (including phenoxy) is 1. The van der Waals surface area contributed by atoms with Gasteiger partial charge in [0, 0.05) is 12.8 Å². The molecule has 3 heteroatoms. The molecule has 0 N–H and O–H groups in total. The van der Waals surface area contributed by atoms with Crippen LogP contribution in [0.25, 0.3) is 0 Å². The maximum atomic E-state index is 12.7. The zero-order valence-electron chi connectivity index (χ0n) is 18.8. The van der Waals surface area contributed by atoms with E-state index in [4.69, 9.17) is 4.74 Å². The third kappa shape index (κ3) is 5.48. The average molecular weight is 392 g/mol. The monoisotopic (exact) mass is 391 g/mol. The molecular formula is C26H33NO2. The van der Waals surface area contributed by atoms with Gasteiger partial charge in [-0.2, -0.15) is 5.26 Å². The fourth-order valence-corrected chi connectivity index (χ4v) is 3.47. The molecule has 0 heterocycles. The molecule has 0 aromatic heterocycles. The number of rotatable bonds is 5. The zero-order chi connectivity index (χ0) is 21.9. The molecule has 2 aromatic carbocycles. The third-order valence-electron chi connectivity index (χ3n) is 5.44. The molecule has 0 atom stereocenters. The number of benzene rings is 2. The number of carbonyl (C=O) groups is 1. The number of carbonyl (C=O) groups excluding carboxylic acids is 1. The molecular weight excluding hydrogens is 358 g/mol. The number of methoxy groups -OCH3 is 1. The first kappa shape index (κ1) is 22.7. The largest absolute Gasteiger partial charge is 0.468 e. The first-order valence-electron chi connectivity index (χ1n) is 10.1. The Bertz CT molecular complexity index is 813. The van der Waals surface area contributed by atoms with Crippen LogP contribution in [0.15, 0.2) is 48.5 Å². The van der Waals surface area contributed by atoms with Gasteiger partial charge in [-0.05, 0) is 33.1 Å². The van der Waals surface area contributed by atoms with E-state index in [1.807, 2.05) is 24.3 Å². The van der Waals surface area contributed by atoms with Gasteiger partial charge in [-0.1, -0.05) is 90.1 Å². The summed E-state index contributed by atoms with van der Waals surface area (Å²) in [5.41, 5.74) is 3.22. The highest BCUT2D eigenvalue weighted by atomic mass is 16.5. The van der Waals surface area contributed by atoms with Gasteiger partial charge >= 0.3 is 5.97 Å². The van der Waals surface area contributed by atoms with Crippen LogP contribution in [0.4, 0.5) is 0 Å². The van der Waals surface area contributed by atoms with E-state index >= 15 is 0 Å². The molecule has 0 fully saturated rings. The molecule has 29 heavy (non-hydrogen) atoms. The normalized spacial score (nSPS) is 12.3. The Balaban J connectivity index is 2.34. The summed E-state index contributed by atoms with van der Waals surface area (Å²) in [6.45, 7) is 13.0. The molecule has 0 saturated heterocycles. The number of hydrogen-bond donors (Lipinski definition) is 0. The predicted molar refractivity (Wildman–Crippen MR) is 118 cm³/mol. The molecule has 2 aromatic rings. The Hall–Kier alpha value is -2.60. The fourth-order valence-electron chi connectivity index (χ4n) is 3.47. The minimum Gasteiger partial charge on any atom is -0.468 e. The van der Waals surface area contributed by atoms with Gasteiger partial charge in [-0.25, -0.2) is 0 Å². The molecule has 3 nitrogen and oxygen atoms in total. The van der Waals surface area contributed by atoms with Gasteiger partial charge in [0.15, 0.2) is 5.41 Å². The molecule has 154 valence electrons. The van der Waals surface area contributed by atoms with Crippen LogP contribution in [-0.2, 0) is 33.2 Å². The fraction of sp³-hybridized carbons (Fsp3) is 0.462. The summed E-state index contributed by atoms with van der Waals surface area (Å²) in [4.78, 5) is 12.7. The van der Waals surface area contributed by atoms with E-state index in [0.29, 0.717) is 12.8 Å². The highest BCUT2D eigenvalue weighted by molar-refractivity contribution is 5.81. The van der Waals surface area contributed by atoms with Crippen LogP contribution in [0, 0.1) is 16.7 Å². The minimum atomic E-state index is -1.25. The Labute approximate surface area is 175 Å². The van der Waals surface area contributed by atoms with Gasteiger partial charge in [0.1, 0.15) is 0 Å². The van der Waals surface area contributed by atoms with Crippen molar-refractivity contribution in [2.24, 2.45) is 5.41 Å². The summed E-state index contributed by atoms with van der Waals surface area (Å²) in [5.74, 6) is -0.486. The topological polar surface area (TPSA) is 50.1 Å². The van der Waals surface area contributed by atoms with Crippen LogP contribution >= 0.6 is 0 Å². The van der Waals surface area contributed by atoms with Gasteiger partial charge in [0.25, 0.3) is 0 Å². The van der Waals surface area contributed by atoms with Crippen molar-refractivity contribution in [3.63, 3.8) is 0 Å². The van der Waals surface area contributed by atoms with Crippen LogP contribution in [-0.4, -0.2) is 13.1 Å². The number of hydrogen-bond acceptors (Lipinski definition) is 3. The smallest absolute Gasteiger partial charge is 0.326 e. The quantitative estimate of drug-likeness (QED) is 0.610. The number of nitrogens with zero attached hydrogens (tertiary/aromatic N) is 1. The van der Waals surface area contributed by atoms with Crippen molar-refractivity contribution < 1.29 is 9.53 Å². The lowest BCUT2D eigenvalue weighted by atomic mass is 9.76. The Morgan fingerprint density at radius 3 is 1.38 bits per heavy atom. The number of esters is 1. The second-order valence-electron chi connectivity index (χ2n) is 9.93. The third-order valence-corrected chi connectivity index (χ3v) is 5.44. The van der Waals surface area contributed by atoms with Gasteiger partial charge in [-0.15, -0.1) is 0 Å². The van der Waals surface area contributed by atoms with Crippen LogP contribution < -0.4 is 0 Å². The van der Waals surface area contributed by atoms with E-state index < -0.39 is 11.4 Å². The summed E-state index contributed by atoms with van der Waals surface area (Å²) in [7, 11) is 1.35. The highest BCUT2D eigenvalue weighted by Gasteiger charge is 2.40. The van der Waals surface area contributed by atoms with E-state index in [1.165, 1.54) is 18.2 Å². The van der Waals surface area contributed by atoms with Crippen molar-refractivity contribution in [2.75, 3.05) is 7.11 Å². The van der Waals surface area contributed by atoms with E-state index in [-0.39, 0.29) is 10.8 Å².